The average molecular weight is 461 g/mol. The Hall–Kier alpha value is -3.97. The van der Waals surface area contributed by atoms with Gasteiger partial charge in [0.25, 0.3) is 5.69 Å². The van der Waals surface area contributed by atoms with Crippen LogP contribution in [0.2, 0.25) is 5.02 Å². The topological polar surface area (TPSA) is 89.5 Å². The lowest BCUT2D eigenvalue weighted by Crippen LogP contribution is -2.19. The number of hydrogen-bond donors (Lipinski definition) is 1. The zero-order valence-corrected chi connectivity index (χ0v) is 18.6. The molecule has 0 bridgehead atoms. The Kier molecular flexibility index (Phi) is 6.51. The monoisotopic (exact) mass is 460 g/mol. The Morgan fingerprint density at radius 3 is 2.52 bits per heavy atom. The third-order valence-electron chi connectivity index (χ3n) is 5.46. The molecule has 4 rings (SSSR count). The minimum Gasteiger partial charge on any atom is -0.340 e. The number of carbonyl (C=O) groups excluding carboxylic acids is 1. The number of nitrogens with one attached hydrogen (secondary N) is 1. The number of benzene rings is 3. The van der Waals surface area contributed by atoms with E-state index in [1.807, 2.05) is 55.5 Å². The second-order valence-electron chi connectivity index (χ2n) is 7.59. The molecule has 0 aliphatic carbocycles. The number of nitro benzene ring substituents is 1. The van der Waals surface area contributed by atoms with Crippen LogP contribution in [0, 0.1) is 17.0 Å². The fourth-order valence-electron chi connectivity index (χ4n) is 3.75. The van der Waals surface area contributed by atoms with E-state index in [1.165, 1.54) is 12.1 Å². The molecule has 0 radical (unpaired) electrons. The van der Waals surface area contributed by atoms with E-state index in [0.29, 0.717) is 17.1 Å². The van der Waals surface area contributed by atoms with Crippen LogP contribution in [0.4, 0.5) is 5.69 Å². The van der Waals surface area contributed by atoms with Crippen molar-refractivity contribution in [2.45, 2.75) is 19.9 Å². The predicted octanol–water partition coefficient (Wildman–Crippen LogP) is 5.25. The summed E-state index contributed by atoms with van der Waals surface area (Å²) in [7, 11) is 0. The third kappa shape index (κ3) is 4.94. The Morgan fingerprint density at radius 2 is 1.79 bits per heavy atom. The fraction of sp³-hybridized carbons (Fsp3) is 0.120. The first-order chi connectivity index (χ1) is 15.9. The van der Waals surface area contributed by atoms with E-state index in [1.54, 1.807) is 18.3 Å². The molecule has 33 heavy (non-hydrogen) atoms. The Morgan fingerprint density at radius 1 is 1.09 bits per heavy atom. The molecule has 0 aliphatic heterocycles. The molecule has 0 spiro atoms. The summed E-state index contributed by atoms with van der Waals surface area (Å²) in [5, 5.41) is 16.6. The molecule has 0 unspecified atom stereocenters. The SMILES string of the molecule is Cc1c(/C=N\NC(=O)Cc2ccc([N+](=O)[O-])cc2)c2ccccc2n1Cc1ccccc1Cl. The van der Waals surface area contributed by atoms with Crippen molar-refractivity contribution in [1.29, 1.82) is 0 Å². The molecular formula is C25H21ClN4O3. The summed E-state index contributed by atoms with van der Waals surface area (Å²) < 4.78 is 2.18. The lowest BCUT2D eigenvalue weighted by molar-refractivity contribution is -0.384. The van der Waals surface area contributed by atoms with E-state index in [-0.39, 0.29) is 18.0 Å². The van der Waals surface area contributed by atoms with Crippen molar-refractivity contribution in [2.24, 2.45) is 5.10 Å². The van der Waals surface area contributed by atoms with Crippen LogP contribution < -0.4 is 5.43 Å². The van der Waals surface area contributed by atoms with E-state index in [0.717, 1.165) is 27.7 Å². The van der Waals surface area contributed by atoms with E-state index in [4.69, 9.17) is 11.6 Å². The molecule has 1 amide bonds. The van der Waals surface area contributed by atoms with Crippen molar-refractivity contribution < 1.29 is 9.72 Å². The Balaban J connectivity index is 1.52. The third-order valence-corrected chi connectivity index (χ3v) is 5.83. The highest BCUT2D eigenvalue weighted by Crippen LogP contribution is 2.27. The maximum Gasteiger partial charge on any atom is 0.269 e. The van der Waals surface area contributed by atoms with Gasteiger partial charge in [-0.25, -0.2) is 5.43 Å². The number of hydrazone groups is 1. The van der Waals surface area contributed by atoms with Gasteiger partial charge in [0.05, 0.1) is 17.6 Å². The highest BCUT2D eigenvalue weighted by atomic mass is 35.5. The molecule has 8 heteroatoms. The normalized spacial score (nSPS) is 11.2. The van der Waals surface area contributed by atoms with Crippen LogP contribution in [-0.2, 0) is 17.8 Å². The molecule has 4 aromatic rings. The number of para-hydroxylation sites is 1. The van der Waals surface area contributed by atoms with E-state index in [9.17, 15) is 14.9 Å². The number of fused-ring (bicyclic) bond motifs is 1. The van der Waals surface area contributed by atoms with Crippen molar-refractivity contribution >= 4 is 40.3 Å². The maximum atomic E-state index is 12.3. The Labute approximate surface area is 195 Å². The molecule has 0 saturated heterocycles. The van der Waals surface area contributed by atoms with Crippen LogP contribution in [0.5, 0.6) is 0 Å². The van der Waals surface area contributed by atoms with Gasteiger partial charge < -0.3 is 4.57 Å². The first-order valence-electron chi connectivity index (χ1n) is 10.3. The molecule has 0 fully saturated rings. The summed E-state index contributed by atoms with van der Waals surface area (Å²) in [6, 6.07) is 21.6. The van der Waals surface area contributed by atoms with Gasteiger partial charge in [0.15, 0.2) is 0 Å². The van der Waals surface area contributed by atoms with Crippen LogP contribution in [0.1, 0.15) is 22.4 Å². The average Bonchev–Trinajstić information content (AvgIpc) is 3.07. The molecule has 0 atom stereocenters. The van der Waals surface area contributed by atoms with Crippen molar-refractivity contribution in [2.75, 3.05) is 0 Å². The largest absolute Gasteiger partial charge is 0.340 e. The number of aromatic nitrogens is 1. The lowest BCUT2D eigenvalue weighted by Gasteiger charge is -2.10. The van der Waals surface area contributed by atoms with Crippen molar-refractivity contribution in [3.63, 3.8) is 0 Å². The molecule has 3 aromatic carbocycles. The molecule has 1 aromatic heterocycles. The molecule has 0 aliphatic rings. The summed E-state index contributed by atoms with van der Waals surface area (Å²) in [5.41, 5.74) is 7.18. The molecule has 166 valence electrons. The highest BCUT2D eigenvalue weighted by Gasteiger charge is 2.14. The van der Waals surface area contributed by atoms with Crippen LogP contribution in [0.25, 0.3) is 10.9 Å². The second kappa shape index (κ2) is 9.67. The molecule has 7 nitrogen and oxygen atoms in total. The highest BCUT2D eigenvalue weighted by molar-refractivity contribution is 6.31. The minimum absolute atomic E-state index is 0.0131. The van der Waals surface area contributed by atoms with Crippen LogP contribution in [0.15, 0.2) is 77.9 Å². The standard InChI is InChI=1S/C25H21ClN4O3/c1-17-22(15-27-28-25(31)14-18-10-12-20(13-11-18)30(32)33)21-7-3-5-9-24(21)29(17)16-19-6-2-4-8-23(19)26/h2-13,15H,14,16H2,1H3,(H,28,31)/b27-15-. The van der Waals surface area contributed by atoms with Gasteiger partial charge in [-0.3, -0.25) is 14.9 Å². The van der Waals surface area contributed by atoms with Crippen LogP contribution >= 0.6 is 11.6 Å². The van der Waals surface area contributed by atoms with Gasteiger partial charge in [-0.1, -0.05) is 60.1 Å². The number of nitro groups is 1. The fourth-order valence-corrected chi connectivity index (χ4v) is 3.95. The minimum atomic E-state index is -0.474. The maximum absolute atomic E-state index is 12.3. The van der Waals surface area contributed by atoms with Crippen LogP contribution in [-0.4, -0.2) is 21.6 Å². The molecule has 1 N–H and O–H groups in total. The molecule has 1 heterocycles. The van der Waals surface area contributed by atoms with Gasteiger partial charge in [0, 0.05) is 45.9 Å². The second-order valence-corrected chi connectivity index (χ2v) is 7.99. The van der Waals surface area contributed by atoms with Gasteiger partial charge in [-0.15, -0.1) is 0 Å². The number of halogens is 1. The first kappa shape index (κ1) is 22.2. The summed E-state index contributed by atoms with van der Waals surface area (Å²) in [6.07, 6.45) is 1.72. The smallest absolute Gasteiger partial charge is 0.269 e. The number of non-ortho nitro benzene ring substituents is 1. The molecule has 0 saturated carbocycles. The van der Waals surface area contributed by atoms with E-state index < -0.39 is 4.92 Å². The number of carbonyl (C=O) groups is 1. The summed E-state index contributed by atoms with van der Waals surface area (Å²) in [5.74, 6) is -0.308. The first-order valence-corrected chi connectivity index (χ1v) is 10.7. The number of amides is 1. The molecular weight excluding hydrogens is 440 g/mol. The van der Waals surface area contributed by atoms with Crippen LogP contribution in [0.3, 0.4) is 0 Å². The van der Waals surface area contributed by atoms with Crippen molar-refractivity contribution in [1.82, 2.24) is 9.99 Å². The van der Waals surface area contributed by atoms with Crippen molar-refractivity contribution in [3.05, 3.63) is 110 Å². The van der Waals surface area contributed by atoms with Gasteiger partial charge in [-0.2, -0.15) is 5.10 Å². The summed E-state index contributed by atoms with van der Waals surface area (Å²) >= 11 is 6.37. The van der Waals surface area contributed by atoms with Gasteiger partial charge in [-0.05, 0) is 30.2 Å². The lowest BCUT2D eigenvalue weighted by atomic mass is 10.1. The summed E-state index contributed by atoms with van der Waals surface area (Å²) in [6.45, 7) is 2.63. The quantitative estimate of drug-likeness (QED) is 0.232. The zero-order valence-electron chi connectivity index (χ0n) is 17.9. The Bertz CT molecular complexity index is 1360. The van der Waals surface area contributed by atoms with Gasteiger partial charge in [0.1, 0.15) is 0 Å². The number of rotatable bonds is 7. The number of hydrogen-bond acceptors (Lipinski definition) is 4. The summed E-state index contributed by atoms with van der Waals surface area (Å²) in [4.78, 5) is 22.6. The van der Waals surface area contributed by atoms with Gasteiger partial charge in [0.2, 0.25) is 5.91 Å². The predicted molar refractivity (Wildman–Crippen MR) is 130 cm³/mol. The van der Waals surface area contributed by atoms with Gasteiger partial charge >= 0.3 is 0 Å². The van der Waals surface area contributed by atoms with Crippen molar-refractivity contribution in [3.8, 4) is 0 Å². The zero-order chi connectivity index (χ0) is 23.4. The van der Waals surface area contributed by atoms with E-state index >= 15 is 0 Å². The number of nitrogens with zero attached hydrogens (tertiary/aromatic N) is 3. The van der Waals surface area contributed by atoms with E-state index in [2.05, 4.69) is 15.1 Å².